The second-order valence-corrected chi connectivity index (χ2v) is 4.90. The molecule has 104 valence electrons. The second-order valence-electron chi connectivity index (χ2n) is 4.59. The minimum absolute atomic E-state index is 0.400. The highest BCUT2D eigenvalue weighted by Crippen LogP contribution is 2.29. The molecular weight excluding hydrogens is 276 g/mol. The van der Waals surface area contributed by atoms with Gasteiger partial charge in [0.2, 0.25) is 0 Å². The molecule has 0 spiro atoms. The Balaban J connectivity index is 0.000000205. The number of hydrogen-bond donors (Lipinski definition) is 0. The lowest BCUT2D eigenvalue weighted by atomic mass is 10.2. The largest absolute Gasteiger partial charge is 0.485 e. The van der Waals surface area contributed by atoms with E-state index in [-0.39, 0.29) is 0 Å². The fourth-order valence-electron chi connectivity index (χ4n) is 1.77. The maximum Gasteiger partial charge on any atom is 0.169 e. The van der Waals surface area contributed by atoms with Crippen LogP contribution in [0.15, 0.2) is 52.9 Å². The zero-order valence-electron chi connectivity index (χ0n) is 10.9. The first-order valence-electron chi connectivity index (χ1n) is 6.51. The monoisotopic (exact) mass is 290 g/mol. The Morgan fingerprint density at radius 1 is 1.15 bits per heavy atom. The SMILES string of the molecule is ClCC1CO1.c1ccc(COc2cc3ccc2o3)cc1. The highest BCUT2D eigenvalue weighted by atomic mass is 35.5. The molecule has 1 saturated heterocycles. The maximum atomic E-state index is 5.65. The number of epoxide rings is 1. The first kappa shape index (κ1) is 13.3. The van der Waals surface area contributed by atoms with Gasteiger partial charge in [0.15, 0.2) is 11.3 Å². The van der Waals surface area contributed by atoms with E-state index < -0.39 is 0 Å². The van der Waals surface area contributed by atoms with E-state index in [0.29, 0.717) is 18.6 Å². The molecule has 1 aromatic carbocycles. The summed E-state index contributed by atoms with van der Waals surface area (Å²) in [5.74, 6) is 1.50. The highest BCUT2D eigenvalue weighted by molar-refractivity contribution is 6.18. The lowest BCUT2D eigenvalue weighted by Gasteiger charge is -2.03. The molecule has 1 unspecified atom stereocenters. The quantitative estimate of drug-likeness (QED) is 0.536. The molecule has 1 aliphatic heterocycles. The number of benzene rings is 2. The molecule has 0 amide bonds. The van der Waals surface area contributed by atoms with Crippen molar-refractivity contribution in [1.29, 1.82) is 0 Å². The summed E-state index contributed by atoms with van der Waals surface area (Å²) in [6.45, 7) is 1.46. The molecule has 4 heteroatoms. The predicted octanol–water partition coefficient (Wildman–Crippen LogP) is 4.07. The third-order valence-corrected chi connectivity index (χ3v) is 3.30. The summed E-state index contributed by atoms with van der Waals surface area (Å²) in [6, 6.07) is 15.9. The summed E-state index contributed by atoms with van der Waals surface area (Å²) in [4.78, 5) is 0. The van der Waals surface area contributed by atoms with Crippen LogP contribution in [0, 0.1) is 0 Å². The van der Waals surface area contributed by atoms with Crippen LogP contribution in [0.2, 0.25) is 0 Å². The molecule has 1 aliphatic rings. The summed E-state index contributed by atoms with van der Waals surface area (Å²) in [6.07, 6.45) is 0.400. The summed E-state index contributed by atoms with van der Waals surface area (Å²) in [5.41, 5.74) is 2.85. The van der Waals surface area contributed by atoms with Crippen LogP contribution in [0.5, 0.6) is 5.75 Å². The molecule has 2 aromatic heterocycles. The molecule has 1 fully saturated rings. The molecule has 3 nitrogen and oxygen atoms in total. The van der Waals surface area contributed by atoms with Crippen molar-refractivity contribution >= 4 is 22.8 Å². The van der Waals surface area contributed by atoms with Crippen LogP contribution in [0.25, 0.3) is 11.2 Å². The average molecular weight is 291 g/mol. The van der Waals surface area contributed by atoms with Gasteiger partial charge in [-0.05, 0) is 17.7 Å². The molecule has 20 heavy (non-hydrogen) atoms. The maximum absolute atomic E-state index is 5.65. The number of hydrogen-bond acceptors (Lipinski definition) is 3. The van der Waals surface area contributed by atoms with E-state index in [1.165, 1.54) is 0 Å². The van der Waals surface area contributed by atoms with Crippen LogP contribution in [-0.2, 0) is 11.3 Å². The Bertz CT molecular complexity index is 631. The van der Waals surface area contributed by atoms with Crippen molar-refractivity contribution in [2.24, 2.45) is 0 Å². The summed E-state index contributed by atoms with van der Waals surface area (Å²) in [7, 11) is 0. The summed E-state index contributed by atoms with van der Waals surface area (Å²) < 4.78 is 15.8. The number of rotatable bonds is 4. The molecule has 0 N–H and O–H groups in total. The smallest absolute Gasteiger partial charge is 0.169 e. The second kappa shape index (κ2) is 6.16. The van der Waals surface area contributed by atoms with Crippen molar-refractivity contribution in [1.82, 2.24) is 0 Å². The van der Waals surface area contributed by atoms with E-state index >= 15 is 0 Å². The predicted molar refractivity (Wildman–Crippen MR) is 78.6 cm³/mol. The topological polar surface area (TPSA) is 34.9 Å². The van der Waals surface area contributed by atoms with Crippen molar-refractivity contribution in [2.45, 2.75) is 12.7 Å². The lowest BCUT2D eigenvalue weighted by molar-refractivity contribution is 0.308. The molecule has 4 rings (SSSR count). The van der Waals surface area contributed by atoms with Crippen molar-refractivity contribution in [3.05, 3.63) is 54.1 Å². The van der Waals surface area contributed by atoms with E-state index in [4.69, 9.17) is 25.5 Å². The van der Waals surface area contributed by atoms with Crippen molar-refractivity contribution < 1.29 is 13.9 Å². The van der Waals surface area contributed by atoms with Gasteiger partial charge < -0.3 is 13.9 Å². The van der Waals surface area contributed by atoms with Gasteiger partial charge in [-0.3, -0.25) is 0 Å². The Hall–Kier alpha value is -1.71. The molecule has 3 aromatic rings. The molecule has 0 aliphatic carbocycles. The van der Waals surface area contributed by atoms with Crippen molar-refractivity contribution in [2.75, 3.05) is 12.5 Å². The number of halogens is 1. The Labute approximate surface area is 122 Å². The van der Waals surface area contributed by atoms with Crippen LogP contribution in [-0.4, -0.2) is 18.6 Å². The Morgan fingerprint density at radius 3 is 2.45 bits per heavy atom. The fraction of sp³-hybridized carbons (Fsp3) is 0.250. The van der Waals surface area contributed by atoms with E-state index in [1.54, 1.807) is 0 Å². The minimum atomic E-state index is 0.400. The normalized spacial score (nSPS) is 16.8. The third kappa shape index (κ3) is 3.44. The fourth-order valence-corrected chi connectivity index (χ4v) is 1.95. The van der Waals surface area contributed by atoms with E-state index in [9.17, 15) is 0 Å². The highest BCUT2D eigenvalue weighted by Gasteiger charge is 2.19. The molecule has 3 heterocycles. The van der Waals surface area contributed by atoms with Crippen LogP contribution < -0.4 is 4.74 Å². The van der Waals surface area contributed by atoms with Gasteiger partial charge in [0.05, 0.1) is 18.6 Å². The van der Waals surface area contributed by atoms with Gasteiger partial charge in [0.1, 0.15) is 12.2 Å². The van der Waals surface area contributed by atoms with Gasteiger partial charge in [-0.2, -0.15) is 0 Å². The standard InChI is InChI=1S/C13H10O2.C3H5ClO/c1-2-4-10(5-3-1)9-14-13-8-11-6-7-12(13)15-11;4-1-3-2-5-3/h1-8H,9H2;3H,1-2H2. The van der Waals surface area contributed by atoms with E-state index in [1.807, 2.05) is 48.5 Å². The number of furan rings is 2. The van der Waals surface area contributed by atoms with Crippen LogP contribution >= 0.6 is 11.6 Å². The molecular formula is C16H15ClO3. The number of fused-ring (bicyclic) bond motifs is 2. The molecule has 0 radical (unpaired) electrons. The molecule has 1 atom stereocenters. The van der Waals surface area contributed by atoms with E-state index in [2.05, 4.69) is 0 Å². The number of alkyl halides is 1. The van der Waals surface area contributed by atoms with Crippen LogP contribution in [0.4, 0.5) is 0 Å². The van der Waals surface area contributed by atoms with Gasteiger partial charge >= 0.3 is 0 Å². The van der Waals surface area contributed by atoms with Gasteiger partial charge in [-0.1, -0.05) is 30.3 Å². The zero-order chi connectivity index (χ0) is 13.8. The average Bonchev–Trinajstić information content (AvgIpc) is 3.13. The third-order valence-electron chi connectivity index (χ3n) is 2.95. The first-order valence-corrected chi connectivity index (χ1v) is 7.05. The van der Waals surface area contributed by atoms with Gasteiger partial charge in [-0.25, -0.2) is 0 Å². The summed E-state index contributed by atoms with van der Waals surface area (Å²) >= 11 is 5.27. The van der Waals surface area contributed by atoms with Crippen molar-refractivity contribution in [3.63, 3.8) is 0 Å². The van der Waals surface area contributed by atoms with E-state index in [0.717, 1.165) is 29.1 Å². The Kier molecular flexibility index (Phi) is 4.09. The molecule has 2 bridgehead atoms. The van der Waals surface area contributed by atoms with Crippen LogP contribution in [0.1, 0.15) is 5.56 Å². The van der Waals surface area contributed by atoms with Gasteiger partial charge in [0.25, 0.3) is 0 Å². The Morgan fingerprint density at radius 2 is 1.95 bits per heavy atom. The van der Waals surface area contributed by atoms with Gasteiger partial charge in [0, 0.05) is 6.07 Å². The van der Waals surface area contributed by atoms with Crippen molar-refractivity contribution in [3.8, 4) is 5.75 Å². The summed E-state index contributed by atoms with van der Waals surface area (Å²) in [5, 5.41) is 0. The van der Waals surface area contributed by atoms with Gasteiger partial charge in [-0.15, -0.1) is 11.6 Å². The molecule has 0 saturated carbocycles. The number of ether oxygens (including phenoxy) is 2. The minimum Gasteiger partial charge on any atom is -0.485 e. The van der Waals surface area contributed by atoms with Crippen LogP contribution in [0.3, 0.4) is 0 Å². The zero-order valence-corrected chi connectivity index (χ0v) is 11.7. The first-order chi connectivity index (χ1) is 9.85. The lowest BCUT2D eigenvalue weighted by Crippen LogP contribution is -1.93.